The summed E-state index contributed by atoms with van der Waals surface area (Å²) in [7, 11) is 1.37. The second kappa shape index (κ2) is 6.01. The summed E-state index contributed by atoms with van der Waals surface area (Å²) in [6, 6.07) is -2.11. The first-order valence-electron chi connectivity index (χ1n) is 5.67. The third kappa shape index (κ3) is 4.01. The molecule has 0 amide bonds. The van der Waals surface area contributed by atoms with Gasteiger partial charge in [0.2, 0.25) is 0 Å². The van der Waals surface area contributed by atoms with E-state index < -0.39 is 30.7 Å². The van der Waals surface area contributed by atoms with Crippen molar-refractivity contribution in [2.45, 2.75) is 31.7 Å². The molecule has 1 aromatic heterocycles. The van der Waals surface area contributed by atoms with E-state index in [2.05, 4.69) is 5.10 Å². The van der Waals surface area contributed by atoms with Gasteiger partial charge in [-0.3, -0.25) is 16.0 Å². The van der Waals surface area contributed by atoms with Crippen LogP contribution in [0, 0.1) is 12.8 Å². The highest BCUT2D eigenvalue weighted by molar-refractivity contribution is 6.31. The fraction of sp³-hybridized carbons (Fsp3) is 0.700. The Hall–Kier alpha value is -1.00. The van der Waals surface area contributed by atoms with Crippen LogP contribution in [0.25, 0.3) is 0 Å². The minimum atomic E-state index is -5.49. The molecule has 122 valence electrons. The fourth-order valence-corrected chi connectivity index (χ4v) is 2.26. The number of hydrogen-bond donors (Lipinski definition) is 2. The molecule has 0 aromatic carbocycles. The molecular weight excluding hydrogens is 326 g/mol. The first kappa shape index (κ1) is 18.1. The van der Waals surface area contributed by atoms with Gasteiger partial charge >= 0.3 is 12.4 Å². The van der Waals surface area contributed by atoms with Gasteiger partial charge in [0.1, 0.15) is 0 Å². The van der Waals surface area contributed by atoms with E-state index in [1.54, 1.807) is 5.43 Å². The summed E-state index contributed by atoms with van der Waals surface area (Å²) >= 11 is 5.83. The van der Waals surface area contributed by atoms with Crippen LogP contribution in [-0.4, -0.2) is 28.2 Å². The number of halogens is 7. The van der Waals surface area contributed by atoms with Crippen LogP contribution in [0.15, 0.2) is 0 Å². The van der Waals surface area contributed by atoms with Gasteiger partial charge in [0.05, 0.1) is 16.4 Å². The largest absolute Gasteiger partial charge is 0.402 e. The molecule has 0 aliphatic carbocycles. The molecule has 1 rings (SSSR count). The van der Waals surface area contributed by atoms with Crippen LogP contribution in [0.2, 0.25) is 5.02 Å². The summed E-state index contributed by atoms with van der Waals surface area (Å²) in [5.74, 6) is 1.29. The first-order chi connectivity index (χ1) is 9.39. The van der Waals surface area contributed by atoms with Crippen molar-refractivity contribution in [2.75, 3.05) is 0 Å². The van der Waals surface area contributed by atoms with Crippen LogP contribution >= 0.6 is 11.6 Å². The van der Waals surface area contributed by atoms with Crippen molar-refractivity contribution in [3.05, 3.63) is 16.4 Å². The number of aromatic nitrogens is 2. The molecule has 1 heterocycles. The predicted octanol–water partition coefficient (Wildman–Crippen LogP) is 2.50. The Kier molecular flexibility index (Phi) is 5.17. The Morgan fingerprint density at radius 1 is 1.24 bits per heavy atom. The summed E-state index contributed by atoms with van der Waals surface area (Å²) < 4.78 is 77.3. The minimum Gasteiger partial charge on any atom is -0.271 e. The average Bonchev–Trinajstić information content (AvgIpc) is 2.51. The number of hydrogen-bond acceptors (Lipinski definition) is 3. The Balaban J connectivity index is 3.16. The molecule has 4 nitrogen and oxygen atoms in total. The number of nitrogens with zero attached hydrogens (tertiary/aromatic N) is 2. The van der Waals surface area contributed by atoms with Crippen LogP contribution in [0.5, 0.6) is 0 Å². The average molecular weight is 339 g/mol. The molecule has 0 saturated carbocycles. The molecule has 1 atom stereocenters. The van der Waals surface area contributed by atoms with Gasteiger partial charge in [0.15, 0.2) is 5.92 Å². The maximum atomic E-state index is 12.7. The number of aryl methyl sites for hydroxylation is 2. The van der Waals surface area contributed by atoms with Gasteiger partial charge in [0.25, 0.3) is 0 Å². The maximum absolute atomic E-state index is 12.7. The Labute approximate surface area is 121 Å². The van der Waals surface area contributed by atoms with Crippen molar-refractivity contribution in [3.63, 3.8) is 0 Å². The molecule has 11 heteroatoms. The predicted molar refractivity (Wildman–Crippen MR) is 63.4 cm³/mol. The summed E-state index contributed by atoms with van der Waals surface area (Å²) in [6.07, 6.45) is -11.7. The second-order valence-corrected chi connectivity index (χ2v) is 4.89. The number of hydrazine groups is 1. The topological polar surface area (TPSA) is 55.9 Å². The Bertz CT molecular complexity index is 481. The normalized spacial score (nSPS) is 14.8. The molecule has 21 heavy (non-hydrogen) atoms. The Morgan fingerprint density at radius 2 is 1.71 bits per heavy atom. The lowest BCUT2D eigenvalue weighted by molar-refractivity contribution is -0.291. The van der Waals surface area contributed by atoms with E-state index in [-0.39, 0.29) is 10.7 Å². The number of nitrogens with two attached hydrogens (primary N) is 1. The van der Waals surface area contributed by atoms with Crippen molar-refractivity contribution >= 4 is 11.6 Å². The van der Waals surface area contributed by atoms with E-state index >= 15 is 0 Å². The lowest BCUT2D eigenvalue weighted by Crippen LogP contribution is -2.54. The third-order valence-electron chi connectivity index (χ3n) is 3.00. The fourth-order valence-electron chi connectivity index (χ4n) is 2.02. The smallest absolute Gasteiger partial charge is 0.271 e. The SMILES string of the molecule is Cc1nn(C)c(CC(NN)C(C(F)(F)F)C(F)(F)F)c1Cl. The zero-order chi connectivity index (χ0) is 16.6. The van der Waals surface area contributed by atoms with E-state index in [0.717, 1.165) is 4.68 Å². The number of nitrogens with one attached hydrogen (secondary N) is 1. The van der Waals surface area contributed by atoms with Crippen LogP contribution in [-0.2, 0) is 13.5 Å². The molecule has 1 unspecified atom stereocenters. The maximum Gasteiger partial charge on any atom is 0.402 e. The van der Waals surface area contributed by atoms with Gasteiger partial charge in [0, 0.05) is 19.5 Å². The molecule has 3 N–H and O–H groups in total. The van der Waals surface area contributed by atoms with E-state index in [0.29, 0.717) is 5.69 Å². The van der Waals surface area contributed by atoms with Gasteiger partial charge in [-0.2, -0.15) is 31.4 Å². The standard InChI is InChI=1S/C10H13ClF6N4/c1-4-7(11)6(21(2)20-4)3-5(19-18)8(9(12,13)14)10(15,16)17/h5,8,19H,3,18H2,1-2H3. The van der Waals surface area contributed by atoms with E-state index in [4.69, 9.17) is 17.4 Å². The monoisotopic (exact) mass is 338 g/mol. The van der Waals surface area contributed by atoms with Crippen molar-refractivity contribution in [3.8, 4) is 0 Å². The molecule has 0 bridgehead atoms. The van der Waals surface area contributed by atoms with Crippen LogP contribution < -0.4 is 11.3 Å². The van der Waals surface area contributed by atoms with Crippen molar-refractivity contribution in [2.24, 2.45) is 18.8 Å². The zero-order valence-corrected chi connectivity index (χ0v) is 11.7. The molecule has 0 saturated heterocycles. The Morgan fingerprint density at radius 3 is 2.00 bits per heavy atom. The van der Waals surface area contributed by atoms with Gasteiger partial charge in [-0.1, -0.05) is 11.6 Å². The highest BCUT2D eigenvalue weighted by Gasteiger charge is 2.60. The van der Waals surface area contributed by atoms with E-state index in [1.807, 2.05) is 0 Å². The van der Waals surface area contributed by atoms with Crippen LogP contribution in [0.1, 0.15) is 11.4 Å². The van der Waals surface area contributed by atoms with E-state index in [1.165, 1.54) is 14.0 Å². The third-order valence-corrected chi connectivity index (χ3v) is 3.49. The van der Waals surface area contributed by atoms with Crippen molar-refractivity contribution in [1.82, 2.24) is 15.2 Å². The van der Waals surface area contributed by atoms with Gasteiger partial charge in [-0.25, -0.2) is 0 Å². The van der Waals surface area contributed by atoms with Gasteiger partial charge < -0.3 is 0 Å². The van der Waals surface area contributed by atoms with Gasteiger partial charge in [-0.05, 0) is 6.92 Å². The zero-order valence-electron chi connectivity index (χ0n) is 11.0. The summed E-state index contributed by atoms with van der Waals surface area (Å²) in [6.45, 7) is 1.49. The molecule has 1 aromatic rings. The summed E-state index contributed by atoms with van der Waals surface area (Å²) in [5, 5.41) is 3.85. The molecule has 0 radical (unpaired) electrons. The lowest BCUT2D eigenvalue weighted by atomic mass is 9.94. The first-order valence-corrected chi connectivity index (χ1v) is 6.05. The highest BCUT2D eigenvalue weighted by atomic mass is 35.5. The molecule has 0 aliphatic rings. The lowest BCUT2D eigenvalue weighted by Gasteiger charge is -2.30. The van der Waals surface area contributed by atoms with Crippen LogP contribution in [0.4, 0.5) is 26.3 Å². The molecule has 0 fully saturated rings. The molecule has 0 spiro atoms. The van der Waals surface area contributed by atoms with Crippen LogP contribution in [0.3, 0.4) is 0 Å². The van der Waals surface area contributed by atoms with E-state index in [9.17, 15) is 26.3 Å². The summed E-state index contributed by atoms with van der Waals surface area (Å²) in [5.41, 5.74) is 1.93. The highest BCUT2D eigenvalue weighted by Crippen LogP contribution is 2.42. The van der Waals surface area contributed by atoms with Crippen molar-refractivity contribution in [1.29, 1.82) is 0 Å². The molecular formula is C10H13ClF6N4. The summed E-state index contributed by atoms with van der Waals surface area (Å²) in [4.78, 5) is 0. The quantitative estimate of drug-likeness (QED) is 0.504. The van der Waals surface area contributed by atoms with Crippen molar-refractivity contribution < 1.29 is 26.3 Å². The number of rotatable bonds is 4. The molecule has 0 aliphatic heterocycles. The number of alkyl halides is 6. The second-order valence-electron chi connectivity index (χ2n) is 4.51. The minimum absolute atomic E-state index is 0.0147. The van der Waals surface area contributed by atoms with Gasteiger partial charge in [-0.15, -0.1) is 0 Å².